The third-order valence-corrected chi connectivity index (χ3v) is 1.90. The minimum atomic E-state index is -1.09. The molecule has 14 heavy (non-hydrogen) atoms. The number of hydrogen-bond donors (Lipinski definition) is 1. The van der Waals surface area contributed by atoms with E-state index in [1.165, 1.54) is 6.20 Å². The van der Waals surface area contributed by atoms with Gasteiger partial charge in [-0.15, -0.1) is 0 Å². The van der Waals surface area contributed by atoms with E-state index in [-0.39, 0.29) is 5.15 Å². The summed E-state index contributed by atoms with van der Waals surface area (Å²) in [5, 5.41) is 8.33. The highest BCUT2D eigenvalue weighted by molar-refractivity contribution is 6.29. The normalized spacial score (nSPS) is 10.1. The number of aromatic nitrogens is 2. The lowest BCUT2D eigenvalue weighted by Crippen LogP contribution is -2.25. The Labute approximate surface area is 85.0 Å². The van der Waals surface area contributed by atoms with Crippen LogP contribution in [-0.2, 0) is 17.8 Å². The van der Waals surface area contributed by atoms with E-state index in [0.29, 0.717) is 12.1 Å². The fraction of sp³-hybridized carbons (Fsp3) is 0.375. The summed E-state index contributed by atoms with van der Waals surface area (Å²) in [5.74, 6) is -1.09. The van der Waals surface area contributed by atoms with Gasteiger partial charge in [-0.2, -0.15) is 0 Å². The van der Waals surface area contributed by atoms with Crippen molar-refractivity contribution in [2.45, 2.75) is 19.9 Å². The number of halogens is 1. The first kappa shape index (κ1) is 10.7. The van der Waals surface area contributed by atoms with Gasteiger partial charge < -0.3 is 5.11 Å². The average molecular weight is 217 g/mol. The topological polar surface area (TPSA) is 72.2 Å². The van der Waals surface area contributed by atoms with E-state index in [4.69, 9.17) is 16.7 Å². The Morgan fingerprint density at radius 2 is 2.36 bits per heavy atom. The molecule has 0 amide bonds. The van der Waals surface area contributed by atoms with Gasteiger partial charge in [-0.05, 0) is 6.42 Å². The second kappa shape index (κ2) is 4.23. The number of carbonyl (C=O) groups is 1. The predicted molar refractivity (Wildman–Crippen MR) is 50.5 cm³/mol. The summed E-state index contributed by atoms with van der Waals surface area (Å²) < 4.78 is 1.04. The molecule has 0 aliphatic rings. The SMILES string of the molecule is CCc1cn(CC(=O)O)c(=O)c(Cl)n1. The number of carboxylic acid groups (broad SMARTS) is 1. The first-order chi connectivity index (χ1) is 6.54. The third kappa shape index (κ3) is 2.32. The van der Waals surface area contributed by atoms with Gasteiger partial charge in [0.15, 0.2) is 5.15 Å². The van der Waals surface area contributed by atoms with Crippen LogP contribution in [0.4, 0.5) is 0 Å². The average Bonchev–Trinajstić information content (AvgIpc) is 2.11. The molecule has 5 nitrogen and oxygen atoms in total. The van der Waals surface area contributed by atoms with Crippen LogP contribution < -0.4 is 5.56 Å². The Morgan fingerprint density at radius 3 is 2.86 bits per heavy atom. The van der Waals surface area contributed by atoms with E-state index in [9.17, 15) is 9.59 Å². The maximum absolute atomic E-state index is 11.3. The number of rotatable bonds is 3. The zero-order valence-corrected chi connectivity index (χ0v) is 8.28. The molecule has 6 heteroatoms. The van der Waals surface area contributed by atoms with Gasteiger partial charge in [0.25, 0.3) is 5.56 Å². The van der Waals surface area contributed by atoms with Gasteiger partial charge in [-0.1, -0.05) is 18.5 Å². The first-order valence-corrected chi connectivity index (χ1v) is 4.40. The van der Waals surface area contributed by atoms with Gasteiger partial charge in [0.1, 0.15) is 6.54 Å². The van der Waals surface area contributed by atoms with Crippen LogP contribution in [0.2, 0.25) is 5.15 Å². The molecule has 0 radical (unpaired) electrons. The van der Waals surface area contributed by atoms with Crippen LogP contribution in [0.5, 0.6) is 0 Å². The van der Waals surface area contributed by atoms with E-state index in [1.54, 1.807) is 0 Å². The van der Waals surface area contributed by atoms with Crippen LogP contribution >= 0.6 is 11.6 Å². The Bertz CT molecular complexity index is 414. The number of aliphatic carboxylic acids is 1. The lowest BCUT2D eigenvalue weighted by molar-refractivity contribution is -0.137. The molecule has 0 atom stereocenters. The second-order valence-electron chi connectivity index (χ2n) is 2.70. The standard InChI is InChI=1S/C8H9ClN2O3/c1-2-5-3-11(4-6(12)13)8(14)7(9)10-5/h3H,2,4H2,1H3,(H,12,13). The summed E-state index contributed by atoms with van der Waals surface area (Å²) >= 11 is 5.54. The van der Waals surface area contributed by atoms with Crippen molar-refractivity contribution in [1.82, 2.24) is 9.55 Å². The van der Waals surface area contributed by atoms with Crippen LogP contribution in [0.1, 0.15) is 12.6 Å². The smallest absolute Gasteiger partial charge is 0.323 e. The molecular formula is C8H9ClN2O3. The maximum atomic E-state index is 11.3. The molecule has 0 saturated heterocycles. The highest BCUT2D eigenvalue weighted by Crippen LogP contribution is 2.00. The number of carboxylic acids is 1. The molecule has 1 N–H and O–H groups in total. The maximum Gasteiger partial charge on any atom is 0.323 e. The molecule has 1 heterocycles. The molecule has 0 unspecified atom stereocenters. The molecular weight excluding hydrogens is 208 g/mol. The van der Waals surface area contributed by atoms with Gasteiger partial charge in [0, 0.05) is 6.20 Å². The summed E-state index contributed by atoms with van der Waals surface area (Å²) in [6.45, 7) is 1.45. The highest BCUT2D eigenvalue weighted by Gasteiger charge is 2.07. The molecule has 1 rings (SSSR count). The Hall–Kier alpha value is -1.36. The number of hydrogen-bond acceptors (Lipinski definition) is 3. The quantitative estimate of drug-likeness (QED) is 0.801. The molecule has 0 saturated carbocycles. The summed E-state index contributed by atoms with van der Waals surface area (Å²) in [6, 6.07) is 0. The number of aryl methyl sites for hydroxylation is 1. The van der Waals surface area contributed by atoms with Crippen LogP contribution in [0.3, 0.4) is 0 Å². The molecule has 0 spiro atoms. The Balaban J connectivity index is 3.20. The van der Waals surface area contributed by atoms with E-state index in [2.05, 4.69) is 4.98 Å². The lowest BCUT2D eigenvalue weighted by atomic mass is 10.3. The van der Waals surface area contributed by atoms with Gasteiger partial charge in [-0.25, -0.2) is 4.98 Å². The summed E-state index contributed by atoms with van der Waals surface area (Å²) in [5.41, 5.74) is 0.0158. The summed E-state index contributed by atoms with van der Waals surface area (Å²) in [4.78, 5) is 25.5. The summed E-state index contributed by atoms with van der Waals surface area (Å²) in [7, 11) is 0. The second-order valence-corrected chi connectivity index (χ2v) is 3.06. The van der Waals surface area contributed by atoms with Crippen molar-refractivity contribution in [3.05, 3.63) is 27.4 Å². The molecule has 1 aromatic rings. The van der Waals surface area contributed by atoms with Crippen molar-refractivity contribution in [2.75, 3.05) is 0 Å². The Morgan fingerprint density at radius 1 is 1.71 bits per heavy atom. The van der Waals surface area contributed by atoms with Gasteiger partial charge in [0.05, 0.1) is 5.69 Å². The lowest BCUT2D eigenvalue weighted by Gasteiger charge is -2.04. The van der Waals surface area contributed by atoms with Crippen molar-refractivity contribution < 1.29 is 9.90 Å². The predicted octanol–water partition coefficient (Wildman–Crippen LogP) is 0.544. The summed E-state index contributed by atoms with van der Waals surface area (Å²) in [6.07, 6.45) is 2.00. The van der Waals surface area contributed by atoms with Crippen LogP contribution in [0.15, 0.2) is 11.0 Å². The fourth-order valence-corrected chi connectivity index (χ4v) is 1.21. The third-order valence-electron chi connectivity index (χ3n) is 1.65. The molecule has 76 valence electrons. The molecule has 0 aliphatic carbocycles. The minimum absolute atomic E-state index is 0.189. The van der Waals surface area contributed by atoms with Crippen molar-refractivity contribution in [3.8, 4) is 0 Å². The minimum Gasteiger partial charge on any atom is -0.480 e. The van der Waals surface area contributed by atoms with Gasteiger partial charge in [-0.3, -0.25) is 14.2 Å². The van der Waals surface area contributed by atoms with Gasteiger partial charge >= 0.3 is 5.97 Å². The zero-order valence-electron chi connectivity index (χ0n) is 7.53. The van der Waals surface area contributed by atoms with Crippen LogP contribution in [0, 0.1) is 0 Å². The number of nitrogens with zero attached hydrogens (tertiary/aromatic N) is 2. The van der Waals surface area contributed by atoms with Crippen molar-refractivity contribution in [2.24, 2.45) is 0 Å². The molecule has 0 bridgehead atoms. The van der Waals surface area contributed by atoms with Crippen molar-refractivity contribution >= 4 is 17.6 Å². The fourth-order valence-electron chi connectivity index (χ4n) is 0.993. The van der Waals surface area contributed by atoms with E-state index in [1.807, 2.05) is 6.92 Å². The van der Waals surface area contributed by atoms with Crippen LogP contribution in [-0.4, -0.2) is 20.6 Å². The van der Waals surface area contributed by atoms with E-state index >= 15 is 0 Å². The molecule has 1 aromatic heterocycles. The Kier molecular flexibility index (Phi) is 3.24. The van der Waals surface area contributed by atoms with Crippen LogP contribution in [0.25, 0.3) is 0 Å². The molecule has 0 aromatic carbocycles. The molecule has 0 aliphatic heterocycles. The highest BCUT2D eigenvalue weighted by atomic mass is 35.5. The van der Waals surface area contributed by atoms with Crippen molar-refractivity contribution in [1.29, 1.82) is 0 Å². The zero-order chi connectivity index (χ0) is 10.7. The van der Waals surface area contributed by atoms with E-state index < -0.39 is 18.1 Å². The largest absolute Gasteiger partial charge is 0.480 e. The van der Waals surface area contributed by atoms with E-state index in [0.717, 1.165) is 4.57 Å². The monoisotopic (exact) mass is 216 g/mol. The van der Waals surface area contributed by atoms with Crippen molar-refractivity contribution in [3.63, 3.8) is 0 Å². The van der Waals surface area contributed by atoms with Gasteiger partial charge in [0.2, 0.25) is 0 Å². The molecule has 0 fully saturated rings. The first-order valence-electron chi connectivity index (χ1n) is 4.02.